The quantitative estimate of drug-likeness (QED) is 0.656. The molecule has 2 aromatic carbocycles. The van der Waals surface area contributed by atoms with Crippen LogP contribution in [0.1, 0.15) is 12.5 Å². The molecule has 0 unspecified atom stereocenters. The van der Waals surface area contributed by atoms with Crippen LogP contribution < -0.4 is 0 Å². The van der Waals surface area contributed by atoms with Gasteiger partial charge in [-0.3, -0.25) is 0 Å². The highest BCUT2D eigenvalue weighted by molar-refractivity contribution is 5.85. The van der Waals surface area contributed by atoms with E-state index in [9.17, 15) is 0 Å². The summed E-state index contributed by atoms with van der Waals surface area (Å²) in [7, 11) is 0. The first-order chi connectivity index (χ1) is 9.83. The first-order valence-corrected chi connectivity index (χ1v) is 6.53. The van der Waals surface area contributed by atoms with Crippen LogP contribution in [-0.2, 0) is 0 Å². The lowest BCUT2D eigenvalue weighted by molar-refractivity contribution is 0.914. The third kappa shape index (κ3) is 2.67. The van der Waals surface area contributed by atoms with Crippen LogP contribution in [0.2, 0.25) is 0 Å². The number of allylic oxidation sites excluding steroid dienone is 1. The maximum absolute atomic E-state index is 4.45. The van der Waals surface area contributed by atoms with E-state index in [0.717, 1.165) is 16.6 Å². The monoisotopic (exact) mass is 261 g/mol. The van der Waals surface area contributed by atoms with E-state index in [4.69, 9.17) is 0 Å². The first-order valence-electron chi connectivity index (χ1n) is 6.53. The van der Waals surface area contributed by atoms with E-state index in [1.54, 1.807) is 11.0 Å². The molecule has 20 heavy (non-hydrogen) atoms. The Bertz CT molecular complexity index is 767. The number of nitrogens with zero attached hydrogens (tertiary/aromatic N) is 3. The van der Waals surface area contributed by atoms with Gasteiger partial charge >= 0.3 is 0 Å². The third-order valence-corrected chi connectivity index (χ3v) is 3.01. The zero-order valence-electron chi connectivity index (χ0n) is 11.3. The molecule has 0 fully saturated rings. The van der Waals surface area contributed by atoms with Crippen molar-refractivity contribution < 1.29 is 0 Å². The summed E-state index contributed by atoms with van der Waals surface area (Å²) in [6, 6.07) is 18.2. The van der Waals surface area contributed by atoms with Gasteiger partial charge < -0.3 is 0 Å². The van der Waals surface area contributed by atoms with Crippen LogP contribution in [0, 0.1) is 0 Å². The second-order valence-electron chi connectivity index (χ2n) is 4.62. The van der Waals surface area contributed by atoms with E-state index in [-0.39, 0.29) is 0 Å². The molecular formula is C17H15N3. The van der Waals surface area contributed by atoms with Crippen molar-refractivity contribution in [2.75, 3.05) is 0 Å². The van der Waals surface area contributed by atoms with E-state index >= 15 is 0 Å². The van der Waals surface area contributed by atoms with Crippen LogP contribution in [0.15, 0.2) is 71.6 Å². The van der Waals surface area contributed by atoms with Crippen LogP contribution in [0.3, 0.4) is 0 Å². The molecule has 0 amide bonds. The van der Waals surface area contributed by atoms with Gasteiger partial charge in [0.15, 0.2) is 0 Å². The molecule has 0 saturated carbocycles. The van der Waals surface area contributed by atoms with Gasteiger partial charge in [-0.2, -0.15) is 5.10 Å². The smallest absolute Gasteiger partial charge is 0.118 e. The van der Waals surface area contributed by atoms with E-state index in [2.05, 4.69) is 28.3 Å². The van der Waals surface area contributed by atoms with Crippen molar-refractivity contribution >= 4 is 23.3 Å². The van der Waals surface area contributed by atoms with Gasteiger partial charge in [-0.25, -0.2) is 9.66 Å². The van der Waals surface area contributed by atoms with Crippen molar-refractivity contribution in [3.05, 3.63) is 72.1 Å². The molecule has 0 aliphatic rings. The van der Waals surface area contributed by atoms with Crippen LogP contribution in [0.25, 0.3) is 17.1 Å². The Morgan fingerprint density at radius 2 is 1.80 bits per heavy atom. The van der Waals surface area contributed by atoms with Gasteiger partial charge in [-0.1, -0.05) is 48.5 Å². The lowest BCUT2D eigenvalue weighted by atomic mass is 10.1. The fourth-order valence-corrected chi connectivity index (χ4v) is 2.04. The number of imidazole rings is 1. The highest BCUT2D eigenvalue weighted by atomic mass is 15.4. The van der Waals surface area contributed by atoms with Gasteiger partial charge in [0, 0.05) is 0 Å². The second-order valence-corrected chi connectivity index (χ2v) is 4.62. The molecule has 0 aliphatic carbocycles. The Morgan fingerprint density at radius 3 is 2.65 bits per heavy atom. The van der Waals surface area contributed by atoms with E-state index in [1.807, 2.05) is 55.6 Å². The molecule has 0 bridgehead atoms. The Morgan fingerprint density at radius 1 is 1.05 bits per heavy atom. The van der Waals surface area contributed by atoms with E-state index in [0.29, 0.717) is 0 Å². The van der Waals surface area contributed by atoms with Crippen molar-refractivity contribution in [3.8, 4) is 0 Å². The predicted octanol–water partition coefficient (Wildman–Crippen LogP) is 3.97. The van der Waals surface area contributed by atoms with Crippen molar-refractivity contribution in [3.63, 3.8) is 0 Å². The maximum atomic E-state index is 4.45. The Balaban J connectivity index is 1.85. The number of aromatic nitrogens is 2. The zero-order chi connectivity index (χ0) is 13.8. The van der Waals surface area contributed by atoms with Gasteiger partial charge in [-0.15, -0.1) is 0 Å². The Kier molecular flexibility index (Phi) is 3.42. The topological polar surface area (TPSA) is 30.2 Å². The Hall–Kier alpha value is -2.68. The minimum absolute atomic E-state index is 0.953. The summed E-state index contributed by atoms with van der Waals surface area (Å²) in [5, 5.41) is 4.45. The third-order valence-electron chi connectivity index (χ3n) is 3.01. The van der Waals surface area contributed by atoms with E-state index < -0.39 is 0 Å². The molecule has 3 rings (SSSR count). The molecule has 0 radical (unpaired) electrons. The molecule has 3 nitrogen and oxygen atoms in total. The van der Waals surface area contributed by atoms with Crippen molar-refractivity contribution in [1.82, 2.24) is 9.66 Å². The highest BCUT2D eigenvalue weighted by Gasteiger charge is 1.98. The summed E-state index contributed by atoms with van der Waals surface area (Å²) in [6.07, 6.45) is 5.68. The largest absolute Gasteiger partial charge is 0.235 e. The molecule has 1 heterocycles. The first kappa shape index (κ1) is 12.4. The summed E-state index contributed by atoms with van der Waals surface area (Å²) < 4.78 is 1.79. The number of hydrogen-bond donors (Lipinski definition) is 0. The normalized spacial score (nSPS) is 12.3. The van der Waals surface area contributed by atoms with Crippen molar-refractivity contribution in [1.29, 1.82) is 0 Å². The van der Waals surface area contributed by atoms with Gasteiger partial charge in [0.1, 0.15) is 6.33 Å². The highest BCUT2D eigenvalue weighted by Crippen LogP contribution is 2.11. The van der Waals surface area contributed by atoms with Crippen LogP contribution in [0.5, 0.6) is 0 Å². The van der Waals surface area contributed by atoms with Gasteiger partial charge in [0.25, 0.3) is 0 Å². The van der Waals surface area contributed by atoms with E-state index in [1.165, 1.54) is 5.56 Å². The molecular weight excluding hydrogens is 246 g/mol. The maximum Gasteiger partial charge on any atom is 0.118 e. The van der Waals surface area contributed by atoms with Crippen LogP contribution in [-0.4, -0.2) is 15.9 Å². The lowest BCUT2D eigenvalue weighted by Gasteiger charge is -1.97. The number of benzene rings is 2. The minimum atomic E-state index is 0.953. The molecule has 98 valence electrons. The van der Waals surface area contributed by atoms with Crippen LogP contribution in [0.4, 0.5) is 0 Å². The number of fused-ring (bicyclic) bond motifs is 1. The standard InChI is InChI=1S/C17H15N3/c1-14(11-15-7-3-2-4-8-15)12-19-20-13-18-16-9-5-6-10-17(16)20/h2-13H,1H3/b14-11+,19-12-. The van der Waals surface area contributed by atoms with Gasteiger partial charge in [0.05, 0.1) is 17.2 Å². The fourth-order valence-electron chi connectivity index (χ4n) is 2.04. The minimum Gasteiger partial charge on any atom is -0.235 e. The number of rotatable bonds is 3. The molecule has 0 spiro atoms. The average molecular weight is 261 g/mol. The lowest BCUT2D eigenvalue weighted by Crippen LogP contribution is -1.88. The molecule has 0 atom stereocenters. The summed E-state index contributed by atoms with van der Waals surface area (Å²) in [4.78, 5) is 4.31. The number of para-hydroxylation sites is 2. The summed E-state index contributed by atoms with van der Waals surface area (Å²) in [6.45, 7) is 2.04. The van der Waals surface area contributed by atoms with Gasteiger partial charge in [0.2, 0.25) is 0 Å². The van der Waals surface area contributed by atoms with Crippen LogP contribution >= 0.6 is 0 Å². The van der Waals surface area contributed by atoms with Crippen molar-refractivity contribution in [2.45, 2.75) is 6.92 Å². The fraction of sp³-hybridized carbons (Fsp3) is 0.0588. The molecule has 0 N–H and O–H groups in total. The zero-order valence-corrected chi connectivity index (χ0v) is 11.3. The summed E-state index contributed by atoms with van der Waals surface area (Å²) >= 11 is 0. The second kappa shape index (κ2) is 5.53. The van der Waals surface area contributed by atoms with Crippen molar-refractivity contribution in [2.24, 2.45) is 5.10 Å². The summed E-state index contributed by atoms with van der Waals surface area (Å²) in [5.74, 6) is 0. The van der Waals surface area contributed by atoms with Gasteiger partial charge in [-0.05, 0) is 30.2 Å². The summed E-state index contributed by atoms with van der Waals surface area (Å²) in [5.41, 5.74) is 4.23. The molecule has 3 heteroatoms. The molecule has 0 aliphatic heterocycles. The predicted molar refractivity (Wildman–Crippen MR) is 83.7 cm³/mol. The molecule has 0 saturated heterocycles. The average Bonchev–Trinajstić information content (AvgIpc) is 2.89. The Labute approximate surface area is 117 Å². The molecule has 3 aromatic rings. The molecule has 1 aromatic heterocycles. The SMILES string of the molecule is CC(/C=N\n1cnc2ccccc21)=C\c1ccccc1. The number of hydrogen-bond acceptors (Lipinski definition) is 2.